The summed E-state index contributed by atoms with van der Waals surface area (Å²) in [7, 11) is 1.13. The van der Waals surface area contributed by atoms with E-state index < -0.39 is 41.9 Å². The van der Waals surface area contributed by atoms with E-state index in [0.29, 0.717) is 13.0 Å². The number of rotatable bonds is 11. The normalized spacial score (nSPS) is 17.6. The fourth-order valence-electron chi connectivity index (χ4n) is 4.03. The molecule has 3 amide bonds. The van der Waals surface area contributed by atoms with Crippen LogP contribution in [0.2, 0.25) is 0 Å². The van der Waals surface area contributed by atoms with E-state index in [9.17, 15) is 24.3 Å². The van der Waals surface area contributed by atoms with Crippen molar-refractivity contribution in [1.82, 2.24) is 16.0 Å². The van der Waals surface area contributed by atoms with Gasteiger partial charge in [0.15, 0.2) is 6.10 Å². The van der Waals surface area contributed by atoms with Crippen LogP contribution in [0.15, 0.2) is 66.7 Å². The van der Waals surface area contributed by atoms with Crippen molar-refractivity contribution in [3.63, 3.8) is 0 Å². The summed E-state index contributed by atoms with van der Waals surface area (Å²) >= 11 is 0. The number of ether oxygens (including phenoxy) is 1. The highest BCUT2D eigenvalue weighted by Gasteiger charge is 2.36. The molecule has 1 heterocycles. The van der Waals surface area contributed by atoms with Gasteiger partial charge in [0, 0.05) is 25.0 Å². The SMILES string of the molecule is COC(=O)[C@@H](O)[C@H](C[C@@H]1CCNC1=O)NC(=O)[C@H](Cc1ccccc1)NC(=O)/C=C/c1ccccc1. The third-order valence-electron chi connectivity index (χ3n) is 6.00. The largest absolute Gasteiger partial charge is 0.467 e. The highest BCUT2D eigenvalue weighted by atomic mass is 16.5. The minimum Gasteiger partial charge on any atom is -0.467 e. The minimum absolute atomic E-state index is 0.0494. The number of aliphatic hydroxyl groups is 1. The summed E-state index contributed by atoms with van der Waals surface area (Å²) in [5, 5.41) is 18.6. The monoisotopic (exact) mass is 493 g/mol. The van der Waals surface area contributed by atoms with Crippen LogP contribution in [0.4, 0.5) is 0 Å². The number of nitrogens with one attached hydrogen (secondary N) is 3. The van der Waals surface area contributed by atoms with Crippen LogP contribution in [0.25, 0.3) is 6.08 Å². The maximum atomic E-state index is 13.3. The van der Waals surface area contributed by atoms with Crippen LogP contribution >= 0.6 is 0 Å². The lowest BCUT2D eigenvalue weighted by atomic mass is 9.94. The molecule has 2 aromatic rings. The Morgan fingerprint density at radius 2 is 1.75 bits per heavy atom. The van der Waals surface area contributed by atoms with Gasteiger partial charge in [0.1, 0.15) is 6.04 Å². The Morgan fingerprint density at radius 1 is 1.08 bits per heavy atom. The van der Waals surface area contributed by atoms with E-state index in [4.69, 9.17) is 0 Å². The average Bonchev–Trinajstić information content (AvgIpc) is 3.31. The predicted octanol–water partition coefficient (Wildman–Crippen LogP) is 0.972. The zero-order valence-electron chi connectivity index (χ0n) is 20.1. The Morgan fingerprint density at radius 3 is 2.36 bits per heavy atom. The van der Waals surface area contributed by atoms with Crippen LogP contribution in [0.1, 0.15) is 24.0 Å². The molecule has 0 spiro atoms. The third-order valence-corrected chi connectivity index (χ3v) is 6.00. The van der Waals surface area contributed by atoms with Crippen molar-refractivity contribution >= 4 is 29.8 Å². The molecule has 9 heteroatoms. The fraction of sp³-hybridized carbons (Fsp3) is 0.333. The number of amides is 3. The molecule has 3 rings (SSSR count). The second-order valence-electron chi connectivity index (χ2n) is 8.59. The summed E-state index contributed by atoms with van der Waals surface area (Å²) in [4.78, 5) is 50.1. The lowest BCUT2D eigenvalue weighted by Crippen LogP contribution is -2.55. The van der Waals surface area contributed by atoms with Gasteiger partial charge in [0.25, 0.3) is 0 Å². The Hall–Kier alpha value is -3.98. The summed E-state index contributed by atoms with van der Waals surface area (Å²) < 4.78 is 4.64. The molecule has 4 atom stereocenters. The maximum Gasteiger partial charge on any atom is 0.336 e. The van der Waals surface area contributed by atoms with Gasteiger partial charge in [-0.3, -0.25) is 14.4 Å². The summed E-state index contributed by atoms with van der Waals surface area (Å²) in [5.41, 5.74) is 1.64. The number of carbonyl (C=O) groups excluding carboxylic acids is 4. The zero-order valence-corrected chi connectivity index (χ0v) is 20.1. The molecule has 0 bridgehead atoms. The van der Waals surface area contributed by atoms with Gasteiger partial charge < -0.3 is 25.8 Å². The Labute approximate surface area is 209 Å². The van der Waals surface area contributed by atoms with Crippen molar-refractivity contribution in [3.8, 4) is 0 Å². The van der Waals surface area contributed by atoms with Crippen LogP contribution in [-0.2, 0) is 30.3 Å². The van der Waals surface area contributed by atoms with E-state index >= 15 is 0 Å². The number of hydrogen-bond acceptors (Lipinski definition) is 6. The van der Waals surface area contributed by atoms with Crippen LogP contribution in [0, 0.1) is 5.92 Å². The number of aliphatic hydroxyl groups excluding tert-OH is 1. The van der Waals surface area contributed by atoms with Gasteiger partial charge in [-0.1, -0.05) is 60.7 Å². The molecule has 0 unspecified atom stereocenters. The van der Waals surface area contributed by atoms with Gasteiger partial charge in [-0.2, -0.15) is 0 Å². The average molecular weight is 494 g/mol. The van der Waals surface area contributed by atoms with E-state index in [2.05, 4.69) is 20.7 Å². The minimum atomic E-state index is -1.67. The van der Waals surface area contributed by atoms with Gasteiger partial charge in [-0.25, -0.2) is 4.79 Å². The summed E-state index contributed by atoms with van der Waals surface area (Å²) in [6.45, 7) is 0.485. The van der Waals surface area contributed by atoms with Crippen molar-refractivity contribution < 1.29 is 29.0 Å². The molecule has 2 aromatic carbocycles. The molecule has 0 aromatic heterocycles. The Balaban J connectivity index is 1.76. The summed E-state index contributed by atoms with van der Waals surface area (Å²) in [5.74, 6) is -2.66. The van der Waals surface area contributed by atoms with Gasteiger partial charge in [0.2, 0.25) is 17.7 Å². The summed E-state index contributed by atoms with van der Waals surface area (Å²) in [6, 6.07) is 16.3. The standard InChI is InChI=1S/C27H31N3O6/c1-36-27(35)24(32)21(17-20-14-15-28-25(20)33)30-26(34)22(16-19-10-6-3-7-11-19)29-23(31)13-12-18-8-4-2-5-9-18/h2-13,20-22,24,32H,14-17H2,1H3,(H,28,33)(H,29,31)(H,30,34)/b13-12+/t20-,21-,22-,24-/m0/s1. The lowest BCUT2D eigenvalue weighted by molar-refractivity contribution is -0.153. The maximum absolute atomic E-state index is 13.3. The highest BCUT2D eigenvalue weighted by molar-refractivity contribution is 5.96. The van der Waals surface area contributed by atoms with Crippen molar-refractivity contribution in [2.75, 3.05) is 13.7 Å². The molecule has 0 radical (unpaired) electrons. The molecule has 9 nitrogen and oxygen atoms in total. The molecule has 0 aliphatic carbocycles. The number of methoxy groups -OCH3 is 1. The molecule has 1 saturated heterocycles. The number of carbonyl (C=O) groups is 4. The van der Waals surface area contributed by atoms with E-state index in [1.165, 1.54) is 6.08 Å². The fourth-order valence-corrected chi connectivity index (χ4v) is 4.03. The predicted molar refractivity (Wildman–Crippen MR) is 133 cm³/mol. The molecule has 0 saturated carbocycles. The van der Waals surface area contributed by atoms with Gasteiger partial charge in [0.05, 0.1) is 13.2 Å². The molecular formula is C27H31N3O6. The van der Waals surface area contributed by atoms with Gasteiger partial charge in [-0.05, 0) is 30.0 Å². The molecule has 1 aliphatic heterocycles. The molecule has 1 fully saturated rings. The molecule has 1 aliphatic rings. The van der Waals surface area contributed by atoms with Crippen LogP contribution in [0.5, 0.6) is 0 Å². The van der Waals surface area contributed by atoms with Gasteiger partial charge in [-0.15, -0.1) is 0 Å². The van der Waals surface area contributed by atoms with Crippen molar-refractivity contribution in [2.24, 2.45) is 5.92 Å². The number of hydrogen-bond donors (Lipinski definition) is 4. The summed E-state index contributed by atoms with van der Waals surface area (Å²) in [6.07, 6.45) is 2.06. The first-order valence-corrected chi connectivity index (χ1v) is 11.8. The molecule has 190 valence electrons. The van der Waals surface area contributed by atoms with E-state index in [1.54, 1.807) is 6.08 Å². The van der Waals surface area contributed by atoms with Crippen molar-refractivity contribution in [2.45, 2.75) is 37.5 Å². The molecule has 36 heavy (non-hydrogen) atoms. The van der Waals surface area contributed by atoms with Crippen LogP contribution < -0.4 is 16.0 Å². The third kappa shape index (κ3) is 7.78. The molecule has 4 N–H and O–H groups in total. The molecular weight excluding hydrogens is 462 g/mol. The Kier molecular flexibility index (Phi) is 9.76. The topological polar surface area (TPSA) is 134 Å². The lowest BCUT2D eigenvalue weighted by Gasteiger charge is -2.27. The second-order valence-corrected chi connectivity index (χ2v) is 8.59. The van der Waals surface area contributed by atoms with Crippen molar-refractivity contribution in [1.29, 1.82) is 0 Å². The first-order chi connectivity index (χ1) is 17.4. The second kappa shape index (κ2) is 13.2. The highest BCUT2D eigenvalue weighted by Crippen LogP contribution is 2.19. The first kappa shape index (κ1) is 26.6. The van der Waals surface area contributed by atoms with E-state index in [0.717, 1.165) is 18.2 Å². The smallest absolute Gasteiger partial charge is 0.336 e. The Bertz CT molecular complexity index is 1070. The quantitative estimate of drug-likeness (QED) is 0.272. The number of esters is 1. The van der Waals surface area contributed by atoms with Crippen molar-refractivity contribution in [3.05, 3.63) is 77.9 Å². The number of benzene rings is 2. The van der Waals surface area contributed by atoms with Gasteiger partial charge >= 0.3 is 5.97 Å². The zero-order chi connectivity index (χ0) is 25.9. The van der Waals surface area contributed by atoms with E-state index in [1.807, 2.05) is 60.7 Å². The van der Waals surface area contributed by atoms with Crippen LogP contribution in [-0.4, -0.2) is 60.6 Å². The first-order valence-electron chi connectivity index (χ1n) is 11.8. The van der Waals surface area contributed by atoms with E-state index in [-0.39, 0.29) is 18.7 Å². The van der Waals surface area contributed by atoms with Crippen LogP contribution in [0.3, 0.4) is 0 Å².